The summed E-state index contributed by atoms with van der Waals surface area (Å²) in [5, 5.41) is 2.72. The molecule has 0 amide bonds. The third-order valence-electron chi connectivity index (χ3n) is 2.57. The van der Waals surface area contributed by atoms with Gasteiger partial charge in [0.25, 0.3) is 0 Å². The van der Waals surface area contributed by atoms with E-state index in [9.17, 15) is 0 Å². The number of hydrogen-bond acceptors (Lipinski definition) is 3. The summed E-state index contributed by atoms with van der Waals surface area (Å²) in [5.74, 6) is 0.752. The van der Waals surface area contributed by atoms with Crippen LogP contribution in [0.1, 0.15) is 16.5 Å². The topological polar surface area (TPSA) is 35.2 Å². The molecule has 0 saturated carbocycles. The Labute approximate surface area is 124 Å². The van der Waals surface area contributed by atoms with Gasteiger partial charge in [0.1, 0.15) is 11.9 Å². The number of nitrogens with two attached hydrogens (primary N) is 1. The molecule has 96 valence electrons. The van der Waals surface area contributed by atoms with E-state index in [-0.39, 0.29) is 6.10 Å². The maximum atomic E-state index is 5.95. The van der Waals surface area contributed by atoms with Crippen LogP contribution in [0.25, 0.3) is 0 Å². The van der Waals surface area contributed by atoms with Gasteiger partial charge in [-0.2, -0.15) is 0 Å². The molecule has 0 aliphatic heterocycles. The van der Waals surface area contributed by atoms with E-state index in [2.05, 4.69) is 28.9 Å². The summed E-state index contributed by atoms with van der Waals surface area (Å²) >= 11 is 11.0. The van der Waals surface area contributed by atoms with Crippen LogP contribution < -0.4 is 10.5 Å². The number of rotatable bonds is 4. The minimum absolute atomic E-state index is 0.123. The fourth-order valence-electron chi connectivity index (χ4n) is 1.65. The lowest BCUT2D eigenvalue weighted by Gasteiger charge is -2.18. The first kappa shape index (κ1) is 13.9. The van der Waals surface area contributed by atoms with E-state index in [0.29, 0.717) is 11.6 Å². The standard InChI is InChI=1S/C13H13BrClNOS/c1-8-4-5-18-13(8)12(7-16)17-11-3-2-9(15)6-10(11)14/h2-6,12H,7,16H2,1H3. The zero-order valence-electron chi connectivity index (χ0n) is 9.82. The van der Waals surface area contributed by atoms with E-state index in [0.717, 1.165) is 10.2 Å². The van der Waals surface area contributed by atoms with E-state index in [1.807, 2.05) is 17.5 Å². The molecule has 2 aromatic rings. The Hall–Kier alpha value is -0.550. The van der Waals surface area contributed by atoms with Gasteiger partial charge < -0.3 is 10.5 Å². The predicted octanol–water partition coefficient (Wildman–Crippen LogP) is 4.55. The van der Waals surface area contributed by atoms with Gasteiger partial charge in [0.05, 0.1) is 4.47 Å². The molecule has 1 unspecified atom stereocenters. The molecule has 18 heavy (non-hydrogen) atoms. The Bertz CT molecular complexity index is 544. The molecule has 0 aliphatic carbocycles. The lowest BCUT2D eigenvalue weighted by Crippen LogP contribution is -2.18. The molecule has 0 fully saturated rings. The van der Waals surface area contributed by atoms with E-state index in [1.165, 1.54) is 10.4 Å². The van der Waals surface area contributed by atoms with Crippen LogP contribution in [0.5, 0.6) is 5.75 Å². The Morgan fingerprint density at radius 2 is 2.22 bits per heavy atom. The molecule has 1 aromatic carbocycles. The van der Waals surface area contributed by atoms with Crippen LogP contribution in [0.3, 0.4) is 0 Å². The minimum Gasteiger partial charge on any atom is -0.482 e. The number of benzene rings is 1. The largest absolute Gasteiger partial charge is 0.482 e. The lowest BCUT2D eigenvalue weighted by atomic mass is 10.2. The van der Waals surface area contributed by atoms with Crippen LogP contribution in [-0.2, 0) is 0 Å². The number of aryl methyl sites for hydroxylation is 1. The second kappa shape index (κ2) is 6.06. The molecular formula is C13H13BrClNOS. The quantitative estimate of drug-likeness (QED) is 0.881. The SMILES string of the molecule is Cc1ccsc1C(CN)Oc1ccc(Cl)cc1Br. The van der Waals surface area contributed by atoms with Crippen molar-refractivity contribution in [3.05, 3.63) is 49.6 Å². The molecule has 1 heterocycles. The number of halogens is 2. The first-order valence-electron chi connectivity index (χ1n) is 5.47. The molecule has 0 aliphatic rings. The van der Waals surface area contributed by atoms with E-state index in [4.69, 9.17) is 22.1 Å². The van der Waals surface area contributed by atoms with Gasteiger partial charge in [0.2, 0.25) is 0 Å². The molecule has 2 nitrogen and oxygen atoms in total. The average Bonchev–Trinajstić information content (AvgIpc) is 2.75. The van der Waals surface area contributed by atoms with Crippen LogP contribution in [0.4, 0.5) is 0 Å². The molecule has 1 atom stereocenters. The van der Waals surface area contributed by atoms with Gasteiger partial charge in [-0.3, -0.25) is 0 Å². The zero-order chi connectivity index (χ0) is 13.1. The summed E-state index contributed by atoms with van der Waals surface area (Å²) in [7, 11) is 0. The first-order chi connectivity index (χ1) is 8.61. The van der Waals surface area contributed by atoms with Crippen LogP contribution in [0, 0.1) is 6.92 Å². The normalized spacial score (nSPS) is 12.4. The monoisotopic (exact) mass is 345 g/mol. The van der Waals surface area contributed by atoms with Crippen molar-refractivity contribution in [1.29, 1.82) is 0 Å². The first-order valence-corrected chi connectivity index (χ1v) is 7.52. The van der Waals surface area contributed by atoms with Crippen molar-refractivity contribution in [2.45, 2.75) is 13.0 Å². The second-order valence-corrected chi connectivity index (χ2v) is 6.12. The molecule has 0 radical (unpaired) electrons. The maximum Gasteiger partial charge on any atom is 0.145 e. The predicted molar refractivity (Wildman–Crippen MR) is 80.6 cm³/mol. The molecule has 0 bridgehead atoms. The number of ether oxygens (including phenoxy) is 1. The van der Waals surface area contributed by atoms with Crippen molar-refractivity contribution in [1.82, 2.24) is 0 Å². The van der Waals surface area contributed by atoms with Crippen LogP contribution in [0.2, 0.25) is 5.02 Å². The van der Waals surface area contributed by atoms with Gasteiger partial charge in [0.15, 0.2) is 0 Å². The van der Waals surface area contributed by atoms with Crippen molar-refractivity contribution in [2.24, 2.45) is 5.73 Å². The summed E-state index contributed by atoms with van der Waals surface area (Å²) in [5.41, 5.74) is 7.01. The van der Waals surface area contributed by atoms with Gasteiger partial charge in [-0.1, -0.05) is 11.6 Å². The fourth-order valence-corrected chi connectivity index (χ4v) is 3.39. The van der Waals surface area contributed by atoms with Crippen LogP contribution >= 0.6 is 38.9 Å². The van der Waals surface area contributed by atoms with Crippen molar-refractivity contribution in [2.75, 3.05) is 6.54 Å². The van der Waals surface area contributed by atoms with Crippen LogP contribution in [-0.4, -0.2) is 6.54 Å². The minimum atomic E-state index is -0.123. The molecule has 2 rings (SSSR count). The van der Waals surface area contributed by atoms with E-state index < -0.39 is 0 Å². The van der Waals surface area contributed by atoms with Crippen molar-refractivity contribution >= 4 is 38.9 Å². The van der Waals surface area contributed by atoms with Gasteiger partial charge in [-0.05, 0) is 58.1 Å². The van der Waals surface area contributed by atoms with Gasteiger partial charge in [-0.25, -0.2) is 0 Å². The average molecular weight is 347 g/mol. The highest BCUT2D eigenvalue weighted by Crippen LogP contribution is 2.33. The second-order valence-electron chi connectivity index (χ2n) is 3.88. The summed E-state index contributed by atoms with van der Waals surface area (Å²) in [6.45, 7) is 2.51. The maximum absolute atomic E-state index is 5.95. The Balaban J connectivity index is 2.23. The van der Waals surface area contributed by atoms with Crippen LogP contribution in [0.15, 0.2) is 34.1 Å². The molecule has 1 aromatic heterocycles. The Kier molecular flexibility index (Phi) is 4.67. The van der Waals surface area contributed by atoms with Gasteiger partial charge >= 0.3 is 0 Å². The summed E-state index contributed by atoms with van der Waals surface area (Å²) in [6.07, 6.45) is -0.123. The zero-order valence-corrected chi connectivity index (χ0v) is 13.0. The fraction of sp³-hybridized carbons (Fsp3) is 0.231. The van der Waals surface area contributed by atoms with E-state index in [1.54, 1.807) is 17.4 Å². The lowest BCUT2D eigenvalue weighted by molar-refractivity contribution is 0.216. The number of thiophene rings is 1. The third kappa shape index (κ3) is 3.06. The highest BCUT2D eigenvalue weighted by Gasteiger charge is 2.16. The Morgan fingerprint density at radius 1 is 1.44 bits per heavy atom. The Morgan fingerprint density at radius 3 is 2.78 bits per heavy atom. The molecule has 5 heteroatoms. The van der Waals surface area contributed by atoms with Crippen molar-refractivity contribution in [3.8, 4) is 5.75 Å². The molecular weight excluding hydrogens is 334 g/mol. The van der Waals surface area contributed by atoms with Gasteiger partial charge in [-0.15, -0.1) is 11.3 Å². The highest BCUT2D eigenvalue weighted by molar-refractivity contribution is 9.10. The summed E-state index contributed by atoms with van der Waals surface area (Å²) < 4.78 is 6.79. The van der Waals surface area contributed by atoms with E-state index >= 15 is 0 Å². The summed E-state index contributed by atoms with van der Waals surface area (Å²) in [6, 6.07) is 7.53. The van der Waals surface area contributed by atoms with Crippen molar-refractivity contribution in [3.63, 3.8) is 0 Å². The molecule has 0 spiro atoms. The van der Waals surface area contributed by atoms with Crippen molar-refractivity contribution < 1.29 is 4.74 Å². The third-order valence-corrected chi connectivity index (χ3v) is 4.54. The smallest absolute Gasteiger partial charge is 0.145 e. The number of hydrogen-bond donors (Lipinski definition) is 1. The van der Waals surface area contributed by atoms with Gasteiger partial charge in [0, 0.05) is 16.4 Å². The molecule has 2 N–H and O–H groups in total. The summed E-state index contributed by atoms with van der Waals surface area (Å²) in [4.78, 5) is 1.17. The molecule has 0 saturated heterocycles. The highest BCUT2D eigenvalue weighted by atomic mass is 79.9.